The zero-order valence-electron chi connectivity index (χ0n) is 11.5. The molecule has 0 spiro atoms. The highest BCUT2D eigenvalue weighted by Crippen LogP contribution is 2.31. The first-order chi connectivity index (χ1) is 9.99. The second-order valence-electron chi connectivity index (χ2n) is 4.14. The van der Waals surface area contributed by atoms with Gasteiger partial charge in [0.1, 0.15) is 17.5 Å². The van der Waals surface area contributed by atoms with Crippen molar-refractivity contribution in [3.05, 3.63) is 46.0 Å². The van der Waals surface area contributed by atoms with E-state index in [1.807, 2.05) is 6.92 Å². The van der Waals surface area contributed by atoms with Crippen molar-refractivity contribution < 1.29 is 14.1 Å². The second-order valence-corrected chi connectivity index (χ2v) is 4.14. The maximum absolute atomic E-state index is 13.2. The maximum Gasteiger partial charge on any atom is 0.311 e. The van der Waals surface area contributed by atoms with E-state index >= 15 is 0 Å². The van der Waals surface area contributed by atoms with E-state index in [9.17, 15) is 14.5 Å². The van der Waals surface area contributed by atoms with E-state index in [4.69, 9.17) is 4.74 Å². The van der Waals surface area contributed by atoms with Gasteiger partial charge in [-0.25, -0.2) is 9.37 Å². The Hall–Kier alpha value is -2.77. The number of nitro groups is 1. The van der Waals surface area contributed by atoms with Crippen LogP contribution in [0.15, 0.2) is 24.3 Å². The van der Waals surface area contributed by atoms with E-state index in [1.165, 1.54) is 6.07 Å². The highest BCUT2D eigenvalue weighted by atomic mass is 19.1. The van der Waals surface area contributed by atoms with Crippen molar-refractivity contribution >= 4 is 11.5 Å². The molecule has 2 rings (SSSR count). The van der Waals surface area contributed by atoms with Crippen molar-refractivity contribution in [2.75, 3.05) is 11.9 Å². The van der Waals surface area contributed by atoms with Gasteiger partial charge in [0.25, 0.3) is 0 Å². The van der Waals surface area contributed by atoms with Gasteiger partial charge in [-0.2, -0.15) is 4.98 Å². The Labute approximate surface area is 120 Å². The summed E-state index contributed by atoms with van der Waals surface area (Å²) in [7, 11) is 0. The average molecular weight is 292 g/mol. The van der Waals surface area contributed by atoms with Crippen LogP contribution in [0.3, 0.4) is 0 Å². The van der Waals surface area contributed by atoms with Gasteiger partial charge in [-0.05, 0) is 19.9 Å². The van der Waals surface area contributed by atoms with Gasteiger partial charge >= 0.3 is 5.69 Å². The highest BCUT2D eigenvalue weighted by Gasteiger charge is 2.17. The van der Waals surface area contributed by atoms with Crippen LogP contribution < -0.4 is 10.1 Å². The van der Waals surface area contributed by atoms with Crippen LogP contribution in [0, 0.1) is 22.9 Å². The monoisotopic (exact) mass is 292 g/mol. The molecule has 21 heavy (non-hydrogen) atoms. The Morgan fingerprint density at radius 2 is 2.14 bits per heavy atom. The van der Waals surface area contributed by atoms with Crippen molar-refractivity contribution in [2.45, 2.75) is 13.8 Å². The van der Waals surface area contributed by atoms with Gasteiger partial charge in [-0.3, -0.25) is 10.1 Å². The molecule has 0 amide bonds. The molecular weight excluding hydrogens is 279 g/mol. The fraction of sp³-hybridized carbons (Fsp3) is 0.231. The molecule has 0 radical (unpaired) electrons. The van der Waals surface area contributed by atoms with Gasteiger partial charge < -0.3 is 10.1 Å². The van der Waals surface area contributed by atoms with Crippen LogP contribution in [0.25, 0.3) is 0 Å². The molecule has 0 aliphatic rings. The van der Waals surface area contributed by atoms with Gasteiger partial charge in [-0.1, -0.05) is 0 Å². The third-order valence-electron chi connectivity index (χ3n) is 2.51. The number of aromatic nitrogens is 2. The number of hydrogen-bond donors (Lipinski definition) is 1. The molecule has 2 aromatic rings. The molecule has 8 heteroatoms. The fourth-order valence-electron chi connectivity index (χ4n) is 1.70. The number of rotatable bonds is 5. The molecule has 7 nitrogen and oxygen atoms in total. The van der Waals surface area contributed by atoms with Gasteiger partial charge in [0.05, 0.1) is 4.92 Å². The lowest BCUT2D eigenvalue weighted by Gasteiger charge is -2.08. The quantitative estimate of drug-likeness (QED) is 0.672. The number of nitrogens with one attached hydrogen (secondary N) is 1. The normalized spacial score (nSPS) is 10.2. The van der Waals surface area contributed by atoms with Crippen LogP contribution in [0.1, 0.15) is 12.7 Å². The summed E-state index contributed by atoms with van der Waals surface area (Å²) in [5.41, 5.74) is -0.335. The highest BCUT2D eigenvalue weighted by molar-refractivity contribution is 5.49. The largest absolute Gasteiger partial charge is 0.431 e. The fourth-order valence-corrected chi connectivity index (χ4v) is 1.70. The summed E-state index contributed by atoms with van der Waals surface area (Å²) in [6, 6.07) is 4.48. The first-order valence-electron chi connectivity index (χ1n) is 6.21. The van der Waals surface area contributed by atoms with Crippen LogP contribution in [0.4, 0.5) is 15.9 Å². The summed E-state index contributed by atoms with van der Waals surface area (Å²) >= 11 is 0. The van der Waals surface area contributed by atoms with E-state index in [1.54, 1.807) is 6.92 Å². The number of benzene rings is 1. The number of nitrogens with zero attached hydrogens (tertiary/aromatic N) is 3. The van der Waals surface area contributed by atoms with Crippen molar-refractivity contribution in [1.82, 2.24) is 9.97 Å². The number of ether oxygens (including phenoxy) is 1. The van der Waals surface area contributed by atoms with Crippen LogP contribution >= 0.6 is 0 Å². The Balaban J connectivity index is 2.37. The molecule has 0 saturated heterocycles. The molecule has 0 fully saturated rings. The van der Waals surface area contributed by atoms with Gasteiger partial charge in [0.15, 0.2) is 0 Å². The van der Waals surface area contributed by atoms with Crippen LogP contribution in [0.2, 0.25) is 0 Å². The molecule has 1 aromatic heterocycles. The number of hydrogen-bond acceptors (Lipinski definition) is 6. The molecule has 0 unspecified atom stereocenters. The Kier molecular flexibility index (Phi) is 4.27. The first kappa shape index (κ1) is 14.6. The topological polar surface area (TPSA) is 90.2 Å². The van der Waals surface area contributed by atoms with Crippen molar-refractivity contribution in [3.63, 3.8) is 0 Å². The van der Waals surface area contributed by atoms with E-state index in [2.05, 4.69) is 15.3 Å². The zero-order valence-corrected chi connectivity index (χ0v) is 11.5. The summed E-state index contributed by atoms with van der Waals surface area (Å²) in [6.45, 7) is 4.21. The summed E-state index contributed by atoms with van der Waals surface area (Å²) in [5, 5.41) is 13.9. The minimum absolute atomic E-state index is 0.104. The van der Waals surface area contributed by atoms with Gasteiger partial charge in [0.2, 0.25) is 11.6 Å². The number of aryl methyl sites for hydroxylation is 1. The summed E-state index contributed by atoms with van der Waals surface area (Å²) in [4.78, 5) is 18.4. The smallest absolute Gasteiger partial charge is 0.311 e. The molecule has 0 aliphatic carbocycles. The number of halogens is 1. The molecule has 0 saturated carbocycles. The minimum atomic E-state index is -0.645. The van der Waals surface area contributed by atoms with Crippen LogP contribution in [-0.2, 0) is 0 Å². The van der Waals surface area contributed by atoms with E-state index in [-0.39, 0.29) is 17.3 Å². The van der Waals surface area contributed by atoms with E-state index in [0.717, 1.165) is 18.2 Å². The molecule has 0 aliphatic heterocycles. The van der Waals surface area contributed by atoms with Crippen LogP contribution in [0.5, 0.6) is 11.6 Å². The predicted octanol–water partition coefficient (Wildman–Crippen LogP) is 3.06. The molecule has 1 heterocycles. The molecule has 1 N–H and O–H groups in total. The standard InChI is InChI=1S/C13H13FN4O3/c1-3-15-12-7-13(17-8(2)16-12)21-11-6-9(14)4-5-10(11)18(19)20/h4-7H,3H2,1-2H3,(H,15,16,17). The molecular formula is C13H13FN4O3. The molecule has 110 valence electrons. The van der Waals surface area contributed by atoms with E-state index < -0.39 is 10.7 Å². The molecule has 1 aromatic carbocycles. The van der Waals surface area contributed by atoms with Crippen molar-refractivity contribution in [2.24, 2.45) is 0 Å². The summed E-state index contributed by atoms with van der Waals surface area (Å²) in [5.74, 6) is 0.225. The lowest BCUT2D eigenvalue weighted by atomic mass is 10.3. The lowest BCUT2D eigenvalue weighted by molar-refractivity contribution is -0.385. The average Bonchev–Trinajstić information content (AvgIpc) is 2.38. The number of nitro benzene ring substituents is 1. The maximum atomic E-state index is 13.2. The van der Waals surface area contributed by atoms with Gasteiger partial charge in [0, 0.05) is 24.7 Å². The summed E-state index contributed by atoms with van der Waals surface area (Å²) < 4.78 is 18.6. The van der Waals surface area contributed by atoms with Crippen molar-refractivity contribution in [1.29, 1.82) is 0 Å². The van der Waals surface area contributed by atoms with Crippen molar-refractivity contribution in [3.8, 4) is 11.6 Å². The lowest BCUT2D eigenvalue weighted by Crippen LogP contribution is -2.03. The Bertz CT molecular complexity index is 678. The first-order valence-corrected chi connectivity index (χ1v) is 6.21. The third kappa shape index (κ3) is 3.62. The summed E-state index contributed by atoms with van der Waals surface area (Å²) in [6.07, 6.45) is 0. The Morgan fingerprint density at radius 3 is 2.81 bits per heavy atom. The van der Waals surface area contributed by atoms with E-state index in [0.29, 0.717) is 18.2 Å². The third-order valence-corrected chi connectivity index (χ3v) is 2.51. The number of anilines is 1. The van der Waals surface area contributed by atoms with Gasteiger partial charge in [-0.15, -0.1) is 0 Å². The van der Waals surface area contributed by atoms with Crippen LogP contribution in [-0.4, -0.2) is 21.4 Å². The molecule has 0 atom stereocenters. The Morgan fingerprint density at radius 1 is 1.38 bits per heavy atom. The second kappa shape index (κ2) is 6.12. The minimum Gasteiger partial charge on any atom is -0.431 e. The predicted molar refractivity (Wildman–Crippen MR) is 74.1 cm³/mol. The zero-order chi connectivity index (χ0) is 15.4. The molecule has 0 bridgehead atoms. The SMILES string of the molecule is CCNc1cc(Oc2cc(F)ccc2[N+](=O)[O-])nc(C)n1.